The van der Waals surface area contributed by atoms with Crippen LogP contribution in [0.25, 0.3) is 0 Å². The Kier molecular flexibility index (Phi) is 6.32. The number of rotatable bonds is 3. The summed E-state index contributed by atoms with van der Waals surface area (Å²) in [6.45, 7) is 5.26. The van der Waals surface area contributed by atoms with Crippen LogP contribution in [-0.4, -0.2) is 24.5 Å². The Hall–Kier alpha value is -1.06. The summed E-state index contributed by atoms with van der Waals surface area (Å²) in [5, 5.41) is 6.51. The van der Waals surface area contributed by atoms with E-state index in [0.29, 0.717) is 12.1 Å². The first-order valence-corrected chi connectivity index (χ1v) is 6.82. The normalized spacial score (nSPS) is 22.4. The Balaban J connectivity index is 0.00000180. The summed E-state index contributed by atoms with van der Waals surface area (Å²) in [5.74, 6) is 0.0525. The SMILES string of the molecule is CCc1ccc(C(=O)NC2CCNC(C)C2)cc1.Cl. The molecular weight excluding hydrogens is 260 g/mol. The molecule has 1 heterocycles. The van der Waals surface area contributed by atoms with Crippen LogP contribution in [0.3, 0.4) is 0 Å². The fourth-order valence-corrected chi connectivity index (χ4v) is 2.42. The molecule has 1 aliphatic rings. The predicted octanol–water partition coefficient (Wildman–Crippen LogP) is 2.54. The molecule has 106 valence electrons. The number of hydrogen-bond acceptors (Lipinski definition) is 2. The third-order valence-corrected chi connectivity index (χ3v) is 3.58. The Morgan fingerprint density at radius 3 is 2.63 bits per heavy atom. The first-order chi connectivity index (χ1) is 8.69. The Morgan fingerprint density at radius 2 is 2.05 bits per heavy atom. The van der Waals surface area contributed by atoms with Gasteiger partial charge in [-0.15, -0.1) is 12.4 Å². The second-order valence-corrected chi connectivity index (χ2v) is 5.10. The number of amides is 1. The van der Waals surface area contributed by atoms with Gasteiger partial charge in [0.05, 0.1) is 0 Å². The van der Waals surface area contributed by atoms with E-state index in [1.165, 1.54) is 5.56 Å². The molecule has 2 rings (SSSR count). The third-order valence-electron chi connectivity index (χ3n) is 3.58. The highest BCUT2D eigenvalue weighted by molar-refractivity contribution is 5.94. The molecular formula is C15H23ClN2O. The third kappa shape index (κ3) is 4.51. The summed E-state index contributed by atoms with van der Waals surface area (Å²) in [6, 6.07) is 8.68. The van der Waals surface area contributed by atoms with Gasteiger partial charge >= 0.3 is 0 Å². The molecule has 2 N–H and O–H groups in total. The van der Waals surface area contributed by atoms with Crippen LogP contribution >= 0.6 is 12.4 Å². The van der Waals surface area contributed by atoms with Gasteiger partial charge in [0.25, 0.3) is 5.91 Å². The maximum Gasteiger partial charge on any atom is 0.251 e. The molecule has 3 nitrogen and oxygen atoms in total. The molecule has 1 amide bonds. The second-order valence-electron chi connectivity index (χ2n) is 5.10. The van der Waals surface area contributed by atoms with Crippen molar-refractivity contribution in [3.05, 3.63) is 35.4 Å². The lowest BCUT2D eigenvalue weighted by molar-refractivity contribution is 0.0925. The van der Waals surface area contributed by atoms with E-state index in [1.807, 2.05) is 24.3 Å². The number of halogens is 1. The first kappa shape index (κ1) is 16.0. The molecule has 0 aliphatic carbocycles. The molecule has 1 aliphatic heterocycles. The lowest BCUT2D eigenvalue weighted by Crippen LogP contribution is -2.46. The van der Waals surface area contributed by atoms with Gasteiger partial charge in [0, 0.05) is 17.6 Å². The summed E-state index contributed by atoms with van der Waals surface area (Å²) in [6.07, 6.45) is 3.04. The number of nitrogens with one attached hydrogen (secondary N) is 2. The van der Waals surface area contributed by atoms with Crippen molar-refractivity contribution in [2.45, 2.75) is 45.2 Å². The molecule has 2 unspecified atom stereocenters. The molecule has 2 atom stereocenters. The first-order valence-electron chi connectivity index (χ1n) is 6.82. The van der Waals surface area contributed by atoms with Crippen molar-refractivity contribution in [3.63, 3.8) is 0 Å². The molecule has 0 radical (unpaired) electrons. The highest BCUT2D eigenvalue weighted by Crippen LogP contribution is 2.10. The fraction of sp³-hybridized carbons (Fsp3) is 0.533. The summed E-state index contributed by atoms with van der Waals surface area (Å²) in [4.78, 5) is 12.1. The summed E-state index contributed by atoms with van der Waals surface area (Å²) < 4.78 is 0. The summed E-state index contributed by atoms with van der Waals surface area (Å²) in [5.41, 5.74) is 2.03. The Labute approximate surface area is 121 Å². The van der Waals surface area contributed by atoms with Gasteiger partial charge in [0.1, 0.15) is 0 Å². The van der Waals surface area contributed by atoms with Gasteiger partial charge in [-0.2, -0.15) is 0 Å². The zero-order chi connectivity index (χ0) is 13.0. The van der Waals surface area contributed by atoms with Crippen LogP contribution in [0.5, 0.6) is 0 Å². The van der Waals surface area contributed by atoms with Crippen LogP contribution in [0, 0.1) is 0 Å². The monoisotopic (exact) mass is 282 g/mol. The van der Waals surface area contributed by atoms with Crippen molar-refractivity contribution in [2.24, 2.45) is 0 Å². The molecule has 1 saturated heterocycles. The lowest BCUT2D eigenvalue weighted by Gasteiger charge is -2.28. The van der Waals surface area contributed by atoms with Gasteiger partial charge < -0.3 is 10.6 Å². The minimum atomic E-state index is 0. The van der Waals surface area contributed by atoms with E-state index < -0.39 is 0 Å². The van der Waals surface area contributed by atoms with E-state index in [2.05, 4.69) is 24.5 Å². The minimum Gasteiger partial charge on any atom is -0.349 e. The lowest BCUT2D eigenvalue weighted by atomic mass is 10.00. The number of benzene rings is 1. The van der Waals surface area contributed by atoms with Crippen LogP contribution < -0.4 is 10.6 Å². The van der Waals surface area contributed by atoms with Crippen LogP contribution in [0.15, 0.2) is 24.3 Å². The second kappa shape index (κ2) is 7.51. The molecule has 1 aromatic rings. The molecule has 0 spiro atoms. The van der Waals surface area contributed by atoms with Gasteiger partial charge in [-0.1, -0.05) is 19.1 Å². The van der Waals surface area contributed by atoms with Gasteiger partial charge in [-0.25, -0.2) is 0 Å². The number of carbonyl (C=O) groups is 1. The van der Waals surface area contributed by atoms with Gasteiger partial charge in [0.15, 0.2) is 0 Å². The maximum atomic E-state index is 12.1. The number of aryl methyl sites for hydroxylation is 1. The maximum absolute atomic E-state index is 12.1. The van der Waals surface area contributed by atoms with E-state index in [1.54, 1.807) is 0 Å². The van der Waals surface area contributed by atoms with E-state index >= 15 is 0 Å². The van der Waals surface area contributed by atoms with E-state index in [0.717, 1.165) is 31.4 Å². The van der Waals surface area contributed by atoms with Crippen molar-refractivity contribution >= 4 is 18.3 Å². The van der Waals surface area contributed by atoms with Crippen molar-refractivity contribution < 1.29 is 4.79 Å². The van der Waals surface area contributed by atoms with Gasteiger partial charge in [-0.05, 0) is 50.4 Å². The molecule has 1 aromatic carbocycles. The molecule has 0 bridgehead atoms. The van der Waals surface area contributed by atoms with Crippen molar-refractivity contribution in [1.82, 2.24) is 10.6 Å². The summed E-state index contributed by atoms with van der Waals surface area (Å²) in [7, 11) is 0. The van der Waals surface area contributed by atoms with Crippen molar-refractivity contribution in [1.29, 1.82) is 0 Å². The highest BCUT2D eigenvalue weighted by atomic mass is 35.5. The zero-order valence-corrected chi connectivity index (χ0v) is 12.4. The number of hydrogen-bond donors (Lipinski definition) is 2. The fourth-order valence-electron chi connectivity index (χ4n) is 2.42. The average molecular weight is 283 g/mol. The minimum absolute atomic E-state index is 0. The Morgan fingerprint density at radius 1 is 1.37 bits per heavy atom. The van der Waals surface area contributed by atoms with Crippen LogP contribution in [0.2, 0.25) is 0 Å². The standard InChI is InChI=1S/C15H22N2O.ClH/c1-3-12-4-6-13(7-5-12)15(18)17-14-8-9-16-11(2)10-14;/h4-7,11,14,16H,3,8-10H2,1-2H3,(H,17,18);1H. The topological polar surface area (TPSA) is 41.1 Å². The molecule has 1 fully saturated rings. The van der Waals surface area contributed by atoms with Gasteiger partial charge in [-0.3, -0.25) is 4.79 Å². The van der Waals surface area contributed by atoms with Crippen LogP contribution in [0.1, 0.15) is 42.6 Å². The number of carbonyl (C=O) groups excluding carboxylic acids is 1. The largest absolute Gasteiger partial charge is 0.349 e. The van der Waals surface area contributed by atoms with E-state index in [9.17, 15) is 4.79 Å². The zero-order valence-electron chi connectivity index (χ0n) is 11.6. The van der Waals surface area contributed by atoms with Gasteiger partial charge in [0.2, 0.25) is 0 Å². The molecule has 19 heavy (non-hydrogen) atoms. The predicted molar refractivity (Wildman–Crippen MR) is 81.0 cm³/mol. The molecule has 0 aromatic heterocycles. The van der Waals surface area contributed by atoms with Crippen LogP contribution in [0.4, 0.5) is 0 Å². The number of piperidine rings is 1. The van der Waals surface area contributed by atoms with E-state index in [4.69, 9.17) is 0 Å². The van der Waals surface area contributed by atoms with Crippen molar-refractivity contribution in [2.75, 3.05) is 6.54 Å². The Bertz CT molecular complexity index is 405. The molecule has 4 heteroatoms. The smallest absolute Gasteiger partial charge is 0.251 e. The quantitative estimate of drug-likeness (QED) is 0.895. The van der Waals surface area contributed by atoms with E-state index in [-0.39, 0.29) is 18.3 Å². The molecule has 0 saturated carbocycles. The average Bonchev–Trinajstić information content (AvgIpc) is 2.39. The van der Waals surface area contributed by atoms with Crippen molar-refractivity contribution in [3.8, 4) is 0 Å². The van der Waals surface area contributed by atoms with Crippen LogP contribution in [-0.2, 0) is 6.42 Å². The summed E-state index contributed by atoms with van der Waals surface area (Å²) >= 11 is 0. The highest BCUT2D eigenvalue weighted by Gasteiger charge is 2.20.